The summed E-state index contributed by atoms with van der Waals surface area (Å²) in [5.41, 5.74) is 0. The van der Waals surface area contributed by atoms with Crippen molar-refractivity contribution in [2.45, 2.75) is 18.9 Å². The van der Waals surface area contributed by atoms with Crippen molar-refractivity contribution in [2.24, 2.45) is 5.92 Å². The van der Waals surface area contributed by atoms with Gasteiger partial charge in [0.25, 0.3) is 0 Å². The molecule has 2 atom stereocenters. The van der Waals surface area contributed by atoms with Crippen molar-refractivity contribution in [1.82, 2.24) is 4.90 Å². The average molecular weight is 231 g/mol. The van der Waals surface area contributed by atoms with Crippen molar-refractivity contribution in [3.8, 4) is 0 Å². The lowest BCUT2D eigenvalue weighted by Crippen LogP contribution is -2.38. The van der Waals surface area contributed by atoms with E-state index in [4.69, 9.17) is 14.9 Å². The number of carboxylic acids is 2. The topological polar surface area (TPSA) is 87.1 Å². The molecular weight excluding hydrogens is 214 g/mol. The fourth-order valence-electron chi connectivity index (χ4n) is 1.99. The zero-order valence-electron chi connectivity index (χ0n) is 9.26. The third kappa shape index (κ3) is 3.46. The molecule has 1 heterocycles. The molecule has 1 saturated heterocycles. The molecule has 0 radical (unpaired) electrons. The molecule has 0 unspecified atom stereocenters. The number of hydrogen-bond donors (Lipinski definition) is 2. The van der Waals surface area contributed by atoms with Crippen LogP contribution in [0.3, 0.4) is 0 Å². The van der Waals surface area contributed by atoms with E-state index in [0.717, 1.165) is 13.0 Å². The van der Waals surface area contributed by atoms with Crippen molar-refractivity contribution >= 4 is 11.9 Å². The number of ether oxygens (including phenoxy) is 1. The van der Waals surface area contributed by atoms with Gasteiger partial charge in [0.1, 0.15) is 6.04 Å². The monoisotopic (exact) mass is 231 g/mol. The van der Waals surface area contributed by atoms with Crippen LogP contribution in [0.25, 0.3) is 0 Å². The minimum absolute atomic E-state index is 0.0414. The van der Waals surface area contributed by atoms with E-state index in [2.05, 4.69) is 0 Å². The fraction of sp³-hybridized carbons (Fsp3) is 0.800. The number of carbonyl (C=O) groups is 2. The molecule has 6 nitrogen and oxygen atoms in total. The van der Waals surface area contributed by atoms with Gasteiger partial charge in [-0.15, -0.1) is 0 Å². The Labute approximate surface area is 93.8 Å². The van der Waals surface area contributed by atoms with Gasteiger partial charge in [-0.25, -0.2) is 0 Å². The Morgan fingerprint density at radius 1 is 1.44 bits per heavy atom. The first kappa shape index (κ1) is 12.9. The summed E-state index contributed by atoms with van der Waals surface area (Å²) in [6.07, 6.45) is 0.737. The number of likely N-dealkylation sites (N-methyl/N-ethyl adjacent to an activating group) is 1. The molecular formula is C10H17NO5. The molecule has 0 saturated carbocycles. The van der Waals surface area contributed by atoms with Gasteiger partial charge < -0.3 is 14.9 Å². The summed E-state index contributed by atoms with van der Waals surface area (Å²) in [5, 5.41) is 17.4. The molecule has 0 aromatic carbocycles. The van der Waals surface area contributed by atoms with Crippen LogP contribution in [0.1, 0.15) is 12.8 Å². The van der Waals surface area contributed by atoms with Gasteiger partial charge in [-0.05, 0) is 20.0 Å². The van der Waals surface area contributed by atoms with Gasteiger partial charge in [0.15, 0.2) is 0 Å². The number of carboxylic acid groups (broad SMARTS) is 2. The summed E-state index contributed by atoms with van der Waals surface area (Å²) in [6.45, 7) is 1.19. The zero-order valence-corrected chi connectivity index (χ0v) is 9.26. The van der Waals surface area contributed by atoms with Crippen LogP contribution in [0.4, 0.5) is 0 Å². The first-order valence-corrected chi connectivity index (χ1v) is 5.25. The van der Waals surface area contributed by atoms with Crippen LogP contribution in [0.2, 0.25) is 0 Å². The Kier molecular flexibility index (Phi) is 4.70. The van der Waals surface area contributed by atoms with E-state index in [-0.39, 0.29) is 18.9 Å². The first-order valence-electron chi connectivity index (χ1n) is 5.25. The third-order valence-corrected chi connectivity index (χ3v) is 2.82. The highest BCUT2D eigenvalue weighted by molar-refractivity contribution is 5.74. The summed E-state index contributed by atoms with van der Waals surface area (Å²) >= 11 is 0. The van der Waals surface area contributed by atoms with Crippen LogP contribution in [0, 0.1) is 5.92 Å². The molecule has 1 aliphatic rings. The molecule has 2 N–H and O–H groups in total. The lowest BCUT2D eigenvalue weighted by molar-refractivity contribution is -0.144. The lowest BCUT2D eigenvalue weighted by Gasteiger charge is -2.20. The summed E-state index contributed by atoms with van der Waals surface area (Å²) < 4.78 is 5.19. The van der Waals surface area contributed by atoms with E-state index < -0.39 is 18.0 Å². The van der Waals surface area contributed by atoms with Crippen molar-refractivity contribution in [3.05, 3.63) is 0 Å². The molecule has 0 aromatic heterocycles. The maximum atomic E-state index is 11.0. The average Bonchev–Trinajstić information content (AvgIpc) is 2.54. The smallest absolute Gasteiger partial charge is 0.321 e. The number of nitrogens with zero attached hydrogens (tertiary/aromatic N) is 1. The summed E-state index contributed by atoms with van der Waals surface area (Å²) in [5.74, 6) is -1.79. The summed E-state index contributed by atoms with van der Waals surface area (Å²) in [6, 6.07) is -0.509. The molecule has 1 aliphatic heterocycles. The minimum atomic E-state index is -0.904. The van der Waals surface area contributed by atoms with E-state index in [1.165, 1.54) is 0 Å². The third-order valence-electron chi connectivity index (χ3n) is 2.82. The summed E-state index contributed by atoms with van der Waals surface area (Å²) in [4.78, 5) is 23.0. The van der Waals surface area contributed by atoms with Crippen LogP contribution in [-0.2, 0) is 14.3 Å². The molecule has 0 aliphatic carbocycles. The fourth-order valence-corrected chi connectivity index (χ4v) is 1.99. The van der Waals surface area contributed by atoms with Crippen LogP contribution in [0.5, 0.6) is 0 Å². The van der Waals surface area contributed by atoms with E-state index in [0.29, 0.717) is 6.61 Å². The number of aliphatic carboxylic acids is 2. The largest absolute Gasteiger partial charge is 0.481 e. The predicted molar refractivity (Wildman–Crippen MR) is 55.2 cm³/mol. The Morgan fingerprint density at radius 2 is 2.12 bits per heavy atom. The molecule has 92 valence electrons. The molecule has 0 bridgehead atoms. The van der Waals surface area contributed by atoms with Crippen LogP contribution in [-0.4, -0.2) is 59.9 Å². The van der Waals surface area contributed by atoms with Crippen molar-refractivity contribution in [3.63, 3.8) is 0 Å². The second kappa shape index (κ2) is 5.81. The highest BCUT2D eigenvalue weighted by atomic mass is 16.5. The number of hydrogen-bond acceptors (Lipinski definition) is 4. The maximum absolute atomic E-state index is 11.0. The van der Waals surface area contributed by atoms with Crippen LogP contribution < -0.4 is 0 Å². The van der Waals surface area contributed by atoms with Crippen LogP contribution in [0.15, 0.2) is 0 Å². The lowest BCUT2D eigenvalue weighted by atomic mass is 10.0. The van der Waals surface area contributed by atoms with Crippen molar-refractivity contribution in [2.75, 3.05) is 26.8 Å². The summed E-state index contributed by atoms with van der Waals surface area (Å²) in [7, 11) is 1.77. The SMILES string of the molecule is CN1CC[C@@H](COCCC(=O)O)[C@H]1C(=O)O. The molecule has 1 fully saturated rings. The van der Waals surface area contributed by atoms with Crippen molar-refractivity contribution in [1.29, 1.82) is 0 Å². The van der Waals surface area contributed by atoms with E-state index in [9.17, 15) is 9.59 Å². The molecule has 1 rings (SSSR count). The van der Waals surface area contributed by atoms with Gasteiger partial charge in [0.2, 0.25) is 0 Å². The van der Waals surface area contributed by atoms with E-state index in [1.54, 1.807) is 11.9 Å². The molecule has 0 spiro atoms. The highest BCUT2D eigenvalue weighted by Gasteiger charge is 2.37. The first-order chi connectivity index (χ1) is 7.52. The second-order valence-corrected chi connectivity index (χ2v) is 4.03. The second-order valence-electron chi connectivity index (χ2n) is 4.03. The highest BCUT2D eigenvalue weighted by Crippen LogP contribution is 2.23. The Balaban J connectivity index is 2.31. The van der Waals surface area contributed by atoms with Crippen LogP contribution >= 0.6 is 0 Å². The van der Waals surface area contributed by atoms with Gasteiger partial charge in [-0.1, -0.05) is 0 Å². The normalized spacial score (nSPS) is 25.8. The predicted octanol–water partition coefficient (Wildman–Crippen LogP) is -0.117. The minimum Gasteiger partial charge on any atom is -0.481 e. The van der Waals surface area contributed by atoms with E-state index in [1.807, 2.05) is 0 Å². The molecule has 0 aromatic rings. The Morgan fingerprint density at radius 3 is 2.69 bits per heavy atom. The van der Waals surface area contributed by atoms with Crippen molar-refractivity contribution < 1.29 is 24.5 Å². The number of likely N-dealkylation sites (tertiary alicyclic amines) is 1. The van der Waals surface area contributed by atoms with Gasteiger partial charge >= 0.3 is 11.9 Å². The van der Waals surface area contributed by atoms with Gasteiger partial charge in [0, 0.05) is 5.92 Å². The van der Waals surface area contributed by atoms with Gasteiger partial charge in [-0.2, -0.15) is 0 Å². The molecule has 6 heteroatoms. The Hall–Kier alpha value is -1.14. The maximum Gasteiger partial charge on any atom is 0.321 e. The number of rotatable bonds is 6. The quantitative estimate of drug-likeness (QED) is 0.620. The van der Waals surface area contributed by atoms with Gasteiger partial charge in [0.05, 0.1) is 19.6 Å². The molecule has 0 amide bonds. The molecule has 16 heavy (non-hydrogen) atoms. The van der Waals surface area contributed by atoms with Gasteiger partial charge in [-0.3, -0.25) is 14.5 Å². The zero-order chi connectivity index (χ0) is 12.1. The Bertz CT molecular complexity index is 268. The standard InChI is InChI=1S/C10H17NO5/c1-11-4-2-7(9(11)10(14)15)6-16-5-3-8(12)13/h7,9H,2-6H2,1H3,(H,12,13)(H,14,15)/t7-,9-/m0/s1. The van der Waals surface area contributed by atoms with E-state index >= 15 is 0 Å².